The van der Waals surface area contributed by atoms with Crippen LogP contribution in [-0.2, 0) is 6.54 Å². The molecular formula is C23H19ClN6O2. The molecule has 0 aliphatic carbocycles. The van der Waals surface area contributed by atoms with E-state index in [9.17, 15) is 10.1 Å². The van der Waals surface area contributed by atoms with Gasteiger partial charge in [-0.05, 0) is 42.3 Å². The summed E-state index contributed by atoms with van der Waals surface area (Å²) in [4.78, 5) is 26.2. The van der Waals surface area contributed by atoms with Crippen molar-refractivity contribution < 1.29 is 4.92 Å². The largest absolute Gasteiger partial charge is 0.354 e. The number of pyridine rings is 1. The summed E-state index contributed by atoms with van der Waals surface area (Å²) in [6, 6.07) is 20.3. The lowest BCUT2D eigenvalue weighted by molar-refractivity contribution is -0.383. The molecule has 1 N–H and O–H groups in total. The van der Waals surface area contributed by atoms with Crippen LogP contribution in [0, 0.1) is 17.0 Å². The zero-order valence-electron chi connectivity index (χ0n) is 17.1. The van der Waals surface area contributed by atoms with Crippen molar-refractivity contribution in [1.82, 2.24) is 15.0 Å². The zero-order valence-corrected chi connectivity index (χ0v) is 17.9. The first-order chi connectivity index (χ1) is 15.5. The minimum atomic E-state index is -0.492. The second-order valence-corrected chi connectivity index (χ2v) is 7.41. The number of nitrogens with one attached hydrogen (secondary N) is 1. The van der Waals surface area contributed by atoms with Crippen LogP contribution in [0.1, 0.15) is 11.1 Å². The van der Waals surface area contributed by atoms with Gasteiger partial charge in [0.1, 0.15) is 12.1 Å². The van der Waals surface area contributed by atoms with Crippen molar-refractivity contribution in [1.29, 1.82) is 0 Å². The van der Waals surface area contributed by atoms with Gasteiger partial charge < -0.3 is 10.2 Å². The second-order valence-electron chi connectivity index (χ2n) is 7.00. The van der Waals surface area contributed by atoms with E-state index in [2.05, 4.69) is 20.3 Å². The average molecular weight is 447 g/mol. The zero-order chi connectivity index (χ0) is 22.5. The molecule has 0 aliphatic heterocycles. The number of hydrogen-bond acceptors (Lipinski definition) is 7. The predicted molar refractivity (Wildman–Crippen MR) is 125 cm³/mol. The topological polar surface area (TPSA) is 97.1 Å². The van der Waals surface area contributed by atoms with Gasteiger partial charge in [-0.25, -0.2) is 15.0 Å². The molecule has 0 atom stereocenters. The Hall–Kier alpha value is -4.04. The van der Waals surface area contributed by atoms with Crippen LogP contribution >= 0.6 is 11.6 Å². The van der Waals surface area contributed by atoms with Gasteiger partial charge in [-0.1, -0.05) is 54.1 Å². The van der Waals surface area contributed by atoms with E-state index in [1.807, 2.05) is 49.4 Å². The Balaban J connectivity index is 1.81. The molecule has 0 spiro atoms. The van der Waals surface area contributed by atoms with E-state index in [1.165, 1.54) is 6.33 Å². The van der Waals surface area contributed by atoms with Crippen LogP contribution in [0.15, 0.2) is 79.3 Å². The van der Waals surface area contributed by atoms with Gasteiger partial charge in [0, 0.05) is 16.9 Å². The Morgan fingerprint density at radius 3 is 2.50 bits per heavy atom. The Morgan fingerprint density at radius 2 is 1.81 bits per heavy atom. The molecule has 0 saturated carbocycles. The molecule has 0 amide bonds. The van der Waals surface area contributed by atoms with Crippen molar-refractivity contribution in [2.75, 3.05) is 10.2 Å². The van der Waals surface area contributed by atoms with Crippen LogP contribution < -0.4 is 10.2 Å². The molecule has 0 bridgehead atoms. The average Bonchev–Trinajstić information content (AvgIpc) is 2.81. The smallest absolute Gasteiger partial charge is 0.334 e. The molecule has 2 aromatic carbocycles. The molecule has 32 heavy (non-hydrogen) atoms. The van der Waals surface area contributed by atoms with Gasteiger partial charge in [-0.3, -0.25) is 10.1 Å². The fourth-order valence-electron chi connectivity index (χ4n) is 3.18. The highest BCUT2D eigenvalue weighted by molar-refractivity contribution is 6.31. The SMILES string of the molecule is Cc1ccc(Nc2ncnc(N(Cc3ccccc3)c3ccccn3)c2[N+](=O)[O-])cc1Cl. The number of nitro groups is 1. The van der Waals surface area contributed by atoms with E-state index >= 15 is 0 Å². The molecule has 8 nitrogen and oxygen atoms in total. The normalized spacial score (nSPS) is 10.6. The molecule has 0 saturated heterocycles. The van der Waals surface area contributed by atoms with Gasteiger partial charge in [-0.2, -0.15) is 0 Å². The third-order valence-electron chi connectivity index (χ3n) is 4.79. The third kappa shape index (κ3) is 4.65. The molecule has 0 aliphatic rings. The number of aryl methyl sites for hydroxylation is 1. The molecule has 160 valence electrons. The van der Waals surface area contributed by atoms with Crippen LogP contribution in [0.5, 0.6) is 0 Å². The highest BCUT2D eigenvalue weighted by Gasteiger charge is 2.29. The van der Waals surface area contributed by atoms with Crippen LogP contribution in [0.3, 0.4) is 0 Å². The number of anilines is 4. The highest BCUT2D eigenvalue weighted by atomic mass is 35.5. The van der Waals surface area contributed by atoms with Crippen LogP contribution in [0.25, 0.3) is 0 Å². The number of rotatable bonds is 7. The van der Waals surface area contributed by atoms with E-state index < -0.39 is 4.92 Å². The maximum atomic E-state index is 12.2. The van der Waals surface area contributed by atoms with Crippen LogP contribution in [0.2, 0.25) is 5.02 Å². The molecule has 9 heteroatoms. The molecule has 4 rings (SSSR count). The minimum Gasteiger partial charge on any atom is -0.334 e. The standard InChI is InChI=1S/C23H19ClN6O2/c1-16-10-11-18(13-19(16)24)28-22-21(30(31)32)23(27-15-26-22)29(20-9-5-6-12-25-20)14-17-7-3-2-4-8-17/h2-13,15H,14H2,1H3,(H,26,27,28). The van der Waals surface area contributed by atoms with Crippen molar-refractivity contribution in [2.45, 2.75) is 13.5 Å². The van der Waals surface area contributed by atoms with Crippen molar-refractivity contribution >= 4 is 40.4 Å². The summed E-state index contributed by atoms with van der Waals surface area (Å²) < 4.78 is 0. The third-order valence-corrected chi connectivity index (χ3v) is 5.19. The fraction of sp³-hybridized carbons (Fsp3) is 0.0870. The summed E-state index contributed by atoms with van der Waals surface area (Å²) in [5.41, 5.74) is 2.18. The first kappa shape index (κ1) is 21.2. The molecule has 0 unspecified atom stereocenters. The lowest BCUT2D eigenvalue weighted by atomic mass is 10.2. The van der Waals surface area contributed by atoms with Gasteiger partial charge in [0.15, 0.2) is 0 Å². The summed E-state index contributed by atoms with van der Waals surface area (Å²) in [6.45, 7) is 2.22. The fourth-order valence-corrected chi connectivity index (χ4v) is 3.36. The van der Waals surface area contributed by atoms with Crippen molar-refractivity contribution in [3.63, 3.8) is 0 Å². The number of halogens is 1. The molecule has 2 heterocycles. The highest BCUT2D eigenvalue weighted by Crippen LogP contribution is 2.37. The lowest BCUT2D eigenvalue weighted by Crippen LogP contribution is -2.21. The van der Waals surface area contributed by atoms with E-state index in [4.69, 9.17) is 11.6 Å². The second kappa shape index (κ2) is 9.40. The van der Waals surface area contributed by atoms with Gasteiger partial charge in [0.2, 0.25) is 11.6 Å². The molecule has 2 aromatic heterocycles. The monoisotopic (exact) mass is 446 g/mol. The summed E-state index contributed by atoms with van der Waals surface area (Å²) in [7, 11) is 0. The quantitative estimate of drug-likeness (QED) is 0.282. The molecular weight excluding hydrogens is 428 g/mol. The first-order valence-corrected chi connectivity index (χ1v) is 10.2. The van der Waals surface area contributed by atoms with Gasteiger partial charge in [0.25, 0.3) is 0 Å². The number of nitrogens with zero attached hydrogens (tertiary/aromatic N) is 5. The number of aromatic nitrogens is 3. The van der Waals surface area contributed by atoms with Crippen LogP contribution in [0.4, 0.5) is 28.8 Å². The number of benzene rings is 2. The maximum Gasteiger partial charge on any atom is 0.354 e. The van der Waals surface area contributed by atoms with E-state index in [1.54, 1.807) is 35.4 Å². The summed E-state index contributed by atoms with van der Waals surface area (Å²) >= 11 is 6.21. The van der Waals surface area contributed by atoms with Gasteiger partial charge in [-0.15, -0.1) is 0 Å². The maximum absolute atomic E-state index is 12.2. The Morgan fingerprint density at radius 1 is 1.03 bits per heavy atom. The number of hydrogen-bond donors (Lipinski definition) is 1. The summed E-state index contributed by atoms with van der Waals surface area (Å²) in [5, 5.41) is 15.7. The first-order valence-electron chi connectivity index (χ1n) is 9.78. The van der Waals surface area contributed by atoms with E-state index in [0.29, 0.717) is 23.1 Å². The molecule has 0 fully saturated rings. The Kier molecular flexibility index (Phi) is 6.23. The summed E-state index contributed by atoms with van der Waals surface area (Å²) in [5.74, 6) is 0.727. The van der Waals surface area contributed by atoms with E-state index in [0.717, 1.165) is 11.1 Å². The van der Waals surface area contributed by atoms with E-state index in [-0.39, 0.29) is 17.3 Å². The molecule has 4 aromatic rings. The minimum absolute atomic E-state index is 0.0638. The molecule has 0 radical (unpaired) electrons. The van der Waals surface area contributed by atoms with Crippen LogP contribution in [-0.4, -0.2) is 19.9 Å². The lowest BCUT2D eigenvalue weighted by Gasteiger charge is -2.23. The Labute approximate surface area is 189 Å². The Bertz CT molecular complexity index is 1240. The summed E-state index contributed by atoms with van der Waals surface area (Å²) in [6.07, 6.45) is 2.93. The van der Waals surface area contributed by atoms with Gasteiger partial charge in [0.05, 0.1) is 11.5 Å². The van der Waals surface area contributed by atoms with Gasteiger partial charge >= 0.3 is 5.69 Å². The van der Waals surface area contributed by atoms with Crippen molar-refractivity contribution in [3.8, 4) is 0 Å². The van der Waals surface area contributed by atoms with Crippen molar-refractivity contribution in [2.24, 2.45) is 0 Å². The predicted octanol–water partition coefficient (Wildman–Crippen LogP) is 5.82. The van der Waals surface area contributed by atoms with Crippen molar-refractivity contribution in [3.05, 3.63) is 106 Å².